The Kier molecular flexibility index (Phi) is 11.3. The van der Waals surface area contributed by atoms with Gasteiger partial charge in [0, 0.05) is 12.3 Å². The molecule has 2 heterocycles. The van der Waals surface area contributed by atoms with E-state index in [4.69, 9.17) is 14.2 Å². The summed E-state index contributed by atoms with van der Waals surface area (Å²) in [4.78, 5) is 23.1. The molecule has 2 rings (SSSR count). The highest BCUT2D eigenvalue weighted by molar-refractivity contribution is 7.81. The van der Waals surface area contributed by atoms with Crippen LogP contribution in [-0.2, 0) is 53.0 Å². The number of carboxylic acid groups (broad SMARTS) is 1. The van der Waals surface area contributed by atoms with Gasteiger partial charge in [-0.2, -0.15) is 0 Å². The van der Waals surface area contributed by atoms with Crippen LogP contribution >= 0.6 is 0 Å². The van der Waals surface area contributed by atoms with Gasteiger partial charge in [-0.1, -0.05) is 6.92 Å². The molecule has 0 spiro atoms. The van der Waals surface area contributed by atoms with E-state index in [0.29, 0.717) is 6.08 Å². The van der Waals surface area contributed by atoms with Gasteiger partial charge in [0.25, 0.3) is 0 Å². The van der Waals surface area contributed by atoms with E-state index in [0.717, 1.165) is 6.92 Å². The largest absolute Gasteiger partial charge is 0.726 e. The fourth-order valence-electron chi connectivity index (χ4n) is 4.47. The van der Waals surface area contributed by atoms with Crippen molar-refractivity contribution >= 4 is 32.7 Å². The molecule has 3 unspecified atom stereocenters. The molecule has 0 aromatic heterocycles. The van der Waals surface area contributed by atoms with Crippen molar-refractivity contribution in [1.29, 1.82) is 0 Å². The third-order valence-electron chi connectivity index (χ3n) is 6.45. The van der Waals surface area contributed by atoms with Gasteiger partial charge >= 0.3 is 0 Å². The molecule has 1 saturated heterocycles. The van der Waals surface area contributed by atoms with Crippen molar-refractivity contribution in [3.63, 3.8) is 0 Å². The smallest absolute Gasteiger partial charge is 0.218 e. The van der Waals surface area contributed by atoms with Crippen molar-refractivity contribution < 1.29 is 78.9 Å². The molecule has 1 fully saturated rings. The fraction of sp³-hybridized carbons (Fsp3) is 0.800. The molecular weight excluding hydrogens is 590 g/mol. The summed E-state index contributed by atoms with van der Waals surface area (Å²) in [5.74, 6) is -3.35. The van der Waals surface area contributed by atoms with Gasteiger partial charge in [-0.15, -0.1) is 0 Å². The molecule has 0 bridgehead atoms. The summed E-state index contributed by atoms with van der Waals surface area (Å²) in [6.07, 6.45) is -6.29. The Labute approximate surface area is 230 Å². The molecule has 1 amide bonds. The molecular formula is C20H32NO17S2-3. The van der Waals surface area contributed by atoms with E-state index < -0.39 is 105 Å². The number of carbonyl (C=O) groups excluding carboxylic acids is 2. The number of nitrogens with one attached hydrogen (secondary N) is 1. The number of ether oxygens (including phenoxy) is 3. The Hall–Kier alpha value is -1.98. The first-order valence-corrected chi connectivity index (χ1v) is 13.9. The lowest BCUT2D eigenvalue weighted by molar-refractivity contribution is -0.307. The van der Waals surface area contributed by atoms with E-state index in [1.54, 1.807) is 0 Å². The summed E-state index contributed by atoms with van der Waals surface area (Å²) in [5.41, 5.74) is -5.10. The minimum atomic E-state index is -5.43. The highest BCUT2D eigenvalue weighted by Crippen LogP contribution is 2.42. The maximum atomic E-state index is 11.8. The third-order valence-corrected chi connectivity index (χ3v) is 7.31. The van der Waals surface area contributed by atoms with Crippen molar-refractivity contribution in [2.24, 2.45) is 5.41 Å². The quantitative estimate of drug-likeness (QED) is 0.144. The summed E-state index contributed by atoms with van der Waals surface area (Å²) in [6, 6.07) is -1.10. The van der Waals surface area contributed by atoms with Crippen molar-refractivity contribution in [1.82, 2.24) is 5.32 Å². The predicted octanol–water partition coefficient (Wildman–Crippen LogP) is -4.67. The zero-order valence-electron chi connectivity index (χ0n) is 22.0. The number of aliphatic carboxylic acids is 1. The number of rotatable bonds is 11. The normalized spacial score (nSPS) is 34.1. The van der Waals surface area contributed by atoms with Crippen molar-refractivity contribution in [3.8, 4) is 0 Å². The number of hydrogen-bond donors (Lipinski definition) is 3. The third kappa shape index (κ3) is 8.76. The highest BCUT2D eigenvalue weighted by Gasteiger charge is 2.57. The monoisotopic (exact) mass is 622 g/mol. The molecule has 20 heteroatoms. The van der Waals surface area contributed by atoms with Crippen LogP contribution in [0.15, 0.2) is 11.8 Å². The Bertz CT molecular complexity index is 1190. The van der Waals surface area contributed by atoms with Crippen LogP contribution in [0.5, 0.6) is 0 Å². The van der Waals surface area contributed by atoms with E-state index in [-0.39, 0.29) is 5.48 Å². The second-order valence-electron chi connectivity index (χ2n) is 10.2. The standard InChI is InChI=1S/C20H33NO16S2.H2O/c1-10(22)21-14-15(24)19(4,13(36-18(14,2)3)7-34-38(27,28)29)8-33-9-20(5)16(37-39(30,31)32)11(23)6-12(35-20)17(25)26;/h6,11,13-16,23-24H,7-9H2,1-5H3,(H,21,22)(H,25,26)(H,27,28,29)(H,30,31,32);1H2/p-3/t11-,13?,14?,15+,16?,19-,20-;/m1./s1. The van der Waals surface area contributed by atoms with Crippen molar-refractivity contribution in [2.75, 3.05) is 19.8 Å². The number of amides is 1. The second kappa shape index (κ2) is 12.5. The minimum Gasteiger partial charge on any atom is -0.726 e. The van der Waals surface area contributed by atoms with Gasteiger partial charge in [0.2, 0.25) is 26.7 Å². The summed E-state index contributed by atoms with van der Waals surface area (Å²) >= 11 is 0. The Morgan fingerprint density at radius 1 is 1.07 bits per heavy atom. The maximum absolute atomic E-state index is 11.8. The molecule has 40 heavy (non-hydrogen) atoms. The van der Waals surface area contributed by atoms with E-state index >= 15 is 0 Å². The Balaban J connectivity index is 0.00000800. The van der Waals surface area contributed by atoms with Gasteiger partial charge in [-0.3, -0.25) is 13.2 Å². The topological polar surface area (TPSA) is 302 Å². The van der Waals surface area contributed by atoms with Gasteiger partial charge in [-0.25, -0.2) is 16.8 Å². The molecule has 7 atom stereocenters. The first kappa shape index (κ1) is 36.0. The van der Waals surface area contributed by atoms with Crippen LogP contribution < -0.4 is 10.4 Å². The van der Waals surface area contributed by atoms with Crippen molar-refractivity contribution in [2.45, 2.75) is 76.3 Å². The number of hydrogen-bond acceptors (Lipinski definition) is 16. The van der Waals surface area contributed by atoms with Gasteiger partial charge in [-0.05, 0) is 26.8 Å². The summed E-state index contributed by atoms with van der Waals surface area (Å²) < 4.78 is 92.4. The minimum absolute atomic E-state index is 0. The lowest BCUT2D eigenvalue weighted by Crippen LogP contribution is -2.71. The molecule has 0 radical (unpaired) electrons. The number of aliphatic hydroxyl groups excluding tert-OH is 2. The zero-order valence-corrected chi connectivity index (χ0v) is 23.6. The first-order chi connectivity index (χ1) is 17.5. The summed E-state index contributed by atoms with van der Waals surface area (Å²) in [6.45, 7) is 4.29. The second-order valence-corrected chi connectivity index (χ2v) is 12.2. The summed E-state index contributed by atoms with van der Waals surface area (Å²) in [7, 11) is -10.6. The number of aliphatic hydroxyl groups is 2. The van der Waals surface area contributed by atoms with Gasteiger partial charge < -0.3 is 54.2 Å². The fourth-order valence-corrected chi connectivity index (χ4v) is 5.33. The van der Waals surface area contributed by atoms with Gasteiger partial charge in [0.1, 0.15) is 23.9 Å². The average Bonchev–Trinajstić information content (AvgIpc) is 2.74. The summed E-state index contributed by atoms with van der Waals surface area (Å²) in [5, 5.41) is 35.4. The lowest BCUT2D eigenvalue weighted by Gasteiger charge is -2.55. The van der Waals surface area contributed by atoms with Crippen LogP contribution in [0.4, 0.5) is 0 Å². The van der Waals surface area contributed by atoms with Crippen LogP contribution in [0.3, 0.4) is 0 Å². The molecule has 18 nitrogen and oxygen atoms in total. The van der Waals surface area contributed by atoms with Crippen LogP contribution in [0.1, 0.15) is 34.6 Å². The van der Waals surface area contributed by atoms with E-state index in [2.05, 4.69) is 13.7 Å². The zero-order chi connectivity index (χ0) is 30.2. The number of carbonyl (C=O) groups is 2. The molecule has 2 aliphatic heterocycles. The SMILES string of the molecule is CC(=O)NC1[C@H](O)[C@](C)(COC[C@@]2(C)OC(C(=O)[O-])=C[C@@H](O)C2OS(=O)(=O)[O-])C(COS(=O)(=O)[O-])OC1(C)C.O. The molecule has 0 aromatic rings. The molecule has 2 aliphatic rings. The highest BCUT2D eigenvalue weighted by atomic mass is 32.3. The van der Waals surface area contributed by atoms with Gasteiger partial charge in [0.15, 0.2) is 5.60 Å². The Morgan fingerprint density at radius 3 is 2.12 bits per heavy atom. The molecule has 0 aliphatic carbocycles. The van der Waals surface area contributed by atoms with Crippen LogP contribution in [0.2, 0.25) is 0 Å². The van der Waals surface area contributed by atoms with E-state index in [1.165, 1.54) is 27.7 Å². The van der Waals surface area contributed by atoms with Crippen LogP contribution in [0, 0.1) is 5.41 Å². The van der Waals surface area contributed by atoms with E-state index in [1.807, 2.05) is 0 Å². The predicted molar refractivity (Wildman–Crippen MR) is 124 cm³/mol. The average molecular weight is 623 g/mol. The Morgan fingerprint density at radius 2 is 1.65 bits per heavy atom. The van der Waals surface area contributed by atoms with Gasteiger partial charge in [0.05, 0.1) is 43.7 Å². The molecule has 234 valence electrons. The van der Waals surface area contributed by atoms with Crippen LogP contribution in [-0.4, -0.2) is 115 Å². The van der Waals surface area contributed by atoms with Crippen molar-refractivity contribution in [3.05, 3.63) is 11.8 Å². The van der Waals surface area contributed by atoms with E-state index in [9.17, 15) is 50.8 Å². The molecule has 5 N–H and O–H groups in total. The molecule has 0 saturated carbocycles. The van der Waals surface area contributed by atoms with Crippen LogP contribution in [0.25, 0.3) is 0 Å². The molecule has 0 aromatic carbocycles. The number of carboxylic acids is 1. The lowest BCUT2D eigenvalue weighted by atomic mass is 9.70. The first-order valence-electron chi connectivity index (χ1n) is 11.3. The maximum Gasteiger partial charge on any atom is 0.218 e.